The van der Waals surface area contributed by atoms with E-state index in [4.69, 9.17) is 4.18 Å². The monoisotopic (exact) mass is 375 g/mol. The second kappa shape index (κ2) is 5.49. The zero-order valence-corrected chi connectivity index (χ0v) is 13.4. The first kappa shape index (κ1) is 17.3. The summed E-state index contributed by atoms with van der Waals surface area (Å²) in [6.07, 6.45) is 0.290. The molecule has 0 aromatic heterocycles. The Hall–Kier alpha value is -0.530. The normalized spacial score (nSPS) is 40.5. The molecule has 0 aromatic carbocycles. The number of fused-ring (bicyclic) bond motifs is 1. The molecule has 3 rings (SSSR count). The molecule has 5 atom stereocenters. The van der Waals surface area contributed by atoms with Gasteiger partial charge in [0, 0.05) is 11.8 Å². The summed E-state index contributed by atoms with van der Waals surface area (Å²) in [7, 11) is -3.65. The Labute approximate surface area is 134 Å². The molecule has 0 amide bonds. The third-order valence-electron chi connectivity index (χ3n) is 4.97. The van der Waals surface area contributed by atoms with Crippen LogP contribution in [-0.4, -0.2) is 37.6 Å². The van der Waals surface area contributed by atoms with E-state index in [2.05, 4.69) is 14.1 Å². The highest BCUT2D eigenvalue weighted by atomic mass is 32.2. The fourth-order valence-corrected chi connectivity index (χ4v) is 6.24. The largest absolute Gasteiger partial charge is 0.691 e. The van der Waals surface area contributed by atoms with Gasteiger partial charge in [0.1, 0.15) is 12.0 Å². The van der Waals surface area contributed by atoms with Crippen molar-refractivity contribution in [1.82, 2.24) is 0 Å². The van der Waals surface area contributed by atoms with Crippen LogP contribution in [0.4, 0.5) is 8.78 Å². The summed E-state index contributed by atoms with van der Waals surface area (Å²) in [6, 6.07) is 0. The van der Waals surface area contributed by atoms with Crippen molar-refractivity contribution in [3.63, 3.8) is 0 Å². The SMILES string of the molecule is CC12CC3C(OS(=O)(=O)C3C1)C2COC(=O)C(F)(F)SOO[O-]. The maximum atomic E-state index is 13.3. The van der Waals surface area contributed by atoms with Gasteiger partial charge in [-0.05, 0) is 18.3 Å². The first-order valence-corrected chi connectivity index (χ1v) is 8.93. The summed E-state index contributed by atoms with van der Waals surface area (Å²) < 4.78 is 63.5. The Bertz CT molecular complexity index is 611. The summed E-state index contributed by atoms with van der Waals surface area (Å²) in [5, 5.41) is 7.62. The van der Waals surface area contributed by atoms with Crippen molar-refractivity contribution in [3.8, 4) is 0 Å². The Morgan fingerprint density at radius 1 is 1.48 bits per heavy atom. The fourth-order valence-electron chi connectivity index (χ4n) is 4.01. The Morgan fingerprint density at radius 2 is 2.17 bits per heavy atom. The van der Waals surface area contributed by atoms with Crippen LogP contribution >= 0.6 is 12.0 Å². The molecule has 0 spiro atoms. The lowest BCUT2D eigenvalue weighted by molar-refractivity contribution is -0.777. The molecule has 2 aliphatic carbocycles. The average Bonchev–Trinajstić information content (AvgIpc) is 2.99. The second-order valence-corrected chi connectivity index (χ2v) is 8.86. The molecule has 5 unspecified atom stereocenters. The van der Waals surface area contributed by atoms with Crippen molar-refractivity contribution in [1.29, 1.82) is 0 Å². The molecule has 0 N–H and O–H groups in total. The van der Waals surface area contributed by atoms with Crippen LogP contribution in [0.15, 0.2) is 0 Å². The van der Waals surface area contributed by atoms with Gasteiger partial charge in [-0.25, -0.2) is 4.79 Å². The Morgan fingerprint density at radius 3 is 2.83 bits per heavy atom. The topological polar surface area (TPSA) is 111 Å². The first-order valence-electron chi connectivity index (χ1n) is 6.72. The van der Waals surface area contributed by atoms with Gasteiger partial charge in [0.25, 0.3) is 10.1 Å². The average molecular weight is 375 g/mol. The van der Waals surface area contributed by atoms with Crippen LogP contribution in [0.2, 0.25) is 0 Å². The van der Waals surface area contributed by atoms with E-state index >= 15 is 0 Å². The standard InChI is InChI=1S/C11H14F2O8S2/c1-10-2-5-7(3-10)23(16,17)19-8(5)6(10)4-18-9(14)11(12,13)22-21-20-15/h5-8,15H,2-4H2,1H3/p-1. The Kier molecular flexibility index (Phi) is 4.13. The lowest BCUT2D eigenvalue weighted by Gasteiger charge is -2.32. The van der Waals surface area contributed by atoms with Gasteiger partial charge in [-0.15, -0.1) is 0 Å². The summed E-state index contributed by atoms with van der Waals surface area (Å²) in [5.74, 6) is -2.58. The molecule has 2 saturated carbocycles. The highest BCUT2D eigenvalue weighted by Gasteiger charge is 2.69. The van der Waals surface area contributed by atoms with E-state index in [9.17, 15) is 27.3 Å². The van der Waals surface area contributed by atoms with Crippen LogP contribution in [0.5, 0.6) is 0 Å². The molecule has 0 radical (unpaired) electrons. The predicted octanol–water partition coefficient (Wildman–Crippen LogP) is 0.137. The van der Waals surface area contributed by atoms with Crippen molar-refractivity contribution < 1.29 is 45.5 Å². The summed E-state index contributed by atoms with van der Waals surface area (Å²) in [6.45, 7) is 1.44. The van der Waals surface area contributed by atoms with Gasteiger partial charge in [0.05, 0.1) is 18.0 Å². The van der Waals surface area contributed by atoms with Crippen molar-refractivity contribution in [2.75, 3.05) is 6.61 Å². The minimum Gasteiger partial charge on any atom is -0.691 e. The molecule has 1 aliphatic heterocycles. The van der Waals surface area contributed by atoms with E-state index in [1.54, 1.807) is 0 Å². The van der Waals surface area contributed by atoms with E-state index in [-0.39, 0.29) is 5.92 Å². The van der Waals surface area contributed by atoms with E-state index in [1.807, 2.05) is 6.92 Å². The molecule has 23 heavy (non-hydrogen) atoms. The van der Waals surface area contributed by atoms with Gasteiger partial charge in [0.2, 0.25) is 0 Å². The van der Waals surface area contributed by atoms with Crippen LogP contribution in [0, 0.1) is 17.3 Å². The minimum atomic E-state index is -4.12. The molecule has 12 heteroatoms. The summed E-state index contributed by atoms with van der Waals surface area (Å²) in [5.41, 5.74) is -0.444. The van der Waals surface area contributed by atoms with Gasteiger partial charge in [0.15, 0.2) is 0 Å². The highest BCUT2D eigenvalue weighted by molar-refractivity contribution is 7.96. The van der Waals surface area contributed by atoms with Crippen LogP contribution in [0.25, 0.3) is 0 Å². The maximum Gasteiger partial charge on any atom is 0.415 e. The van der Waals surface area contributed by atoms with Crippen LogP contribution in [-0.2, 0) is 33.2 Å². The van der Waals surface area contributed by atoms with Crippen LogP contribution in [0.3, 0.4) is 0 Å². The van der Waals surface area contributed by atoms with E-state index in [1.165, 1.54) is 0 Å². The molecule has 132 valence electrons. The quantitative estimate of drug-likeness (QED) is 0.210. The third kappa shape index (κ3) is 2.74. The van der Waals surface area contributed by atoms with E-state index < -0.39 is 62.7 Å². The summed E-state index contributed by atoms with van der Waals surface area (Å²) in [4.78, 5) is 11.4. The fraction of sp³-hybridized carbons (Fsp3) is 0.909. The van der Waals surface area contributed by atoms with Crippen LogP contribution in [0.1, 0.15) is 19.8 Å². The van der Waals surface area contributed by atoms with Gasteiger partial charge in [-0.2, -0.15) is 21.5 Å². The van der Waals surface area contributed by atoms with Crippen molar-refractivity contribution in [2.45, 2.75) is 36.4 Å². The number of rotatable bonds is 6. The summed E-state index contributed by atoms with van der Waals surface area (Å²) >= 11 is -0.771. The van der Waals surface area contributed by atoms with Gasteiger partial charge < -0.3 is 9.99 Å². The number of ether oxygens (including phenoxy) is 1. The van der Waals surface area contributed by atoms with Crippen LogP contribution < -0.4 is 5.26 Å². The van der Waals surface area contributed by atoms with Crippen molar-refractivity contribution >= 4 is 28.1 Å². The van der Waals surface area contributed by atoms with Crippen molar-refractivity contribution in [3.05, 3.63) is 0 Å². The molecule has 3 fully saturated rings. The number of alkyl halides is 2. The lowest BCUT2D eigenvalue weighted by atomic mass is 9.76. The smallest absolute Gasteiger partial charge is 0.415 e. The Balaban J connectivity index is 1.65. The zero-order valence-electron chi connectivity index (χ0n) is 11.8. The van der Waals surface area contributed by atoms with E-state index in [0.29, 0.717) is 12.8 Å². The van der Waals surface area contributed by atoms with Gasteiger partial charge in [-0.3, -0.25) is 9.22 Å². The second-order valence-electron chi connectivity index (χ2n) is 6.26. The number of carbonyl (C=O) groups excluding carboxylic acids is 1. The number of hydrogen-bond acceptors (Lipinski definition) is 9. The van der Waals surface area contributed by atoms with E-state index in [0.717, 1.165) is 0 Å². The lowest BCUT2D eigenvalue weighted by Crippen LogP contribution is -2.39. The first-order chi connectivity index (χ1) is 10.6. The molecule has 0 aromatic rings. The van der Waals surface area contributed by atoms with Gasteiger partial charge in [-0.1, -0.05) is 6.92 Å². The van der Waals surface area contributed by atoms with Gasteiger partial charge >= 0.3 is 11.2 Å². The number of halogens is 2. The molecule has 1 heterocycles. The molecule has 8 nitrogen and oxygen atoms in total. The number of carbonyl (C=O) groups is 1. The minimum absolute atomic E-state index is 0.194. The molecular weight excluding hydrogens is 362 g/mol. The molecule has 1 saturated heterocycles. The van der Waals surface area contributed by atoms with Crippen molar-refractivity contribution in [2.24, 2.45) is 17.3 Å². The zero-order chi connectivity index (χ0) is 17.0. The highest BCUT2D eigenvalue weighted by Crippen LogP contribution is 2.64. The predicted molar refractivity (Wildman–Crippen MR) is 67.6 cm³/mol. The number of hydrogen-bond donors (Lipinski definition) is 0. The molecular formula is C11H13F2O8S2-. The third-order valence-corrected chi connectivity index (χ3v) is 7.22. The molecule has 3 aliphatic rings. The molecule has 2 bridgehead atoms. The number of esters is 1. The maximum absolute atomic E-state index is 13.3.